The van der Waals surface area contributed by atoms with Gasteiger partial charge in [0.2, 0.25) is 5.91 Å². The summed E-state index contributed by atoms with van der Waals surface area (Å²) in [6.45, 7) is 3.12. The van der Waals surface area contributed by atoms with Crippen molar-refractivity contribution in [2.24, 2.45) is 0 Å². The lowest BCUT2D eigenvalue weighted by Gasteiger charge is -2.17. The van der Waals surface area contributed by atoms with Crippen molar-refractivity contribution in [3.05, 3.63) is 24.3 Å². The molecular formula is C15H21N3O3. The van der Waals surface area contributed by atoms with Gasteiger partial charge in [0, 0.05) is 25.2 Å². The van der Waals surface area contributed by atoms with Gasteiger partial charge >= 0.3 is 6.03 Å². The van der Waals surface area contributed by atoms with Crippen molar-refractivity contribution < 1.29 is 14.3 Å². The van der Waals surface area contributed by atoms with E-state index in [1.807, 2.05) is 31.2 Å². The van der Waals surface area contributed by atoms with Crippen LogP contribution in [-0.4, -0.2) is 38.2 Å². The Labute approximate surface area is 124 Å². The largest absolute Gasteiger partial charge is 0.497 e. The van der Waals surface area contributed by atoms with Crippen molar-refractivity contribution >= 4 is 17.6 Å². The Morgan fingerprint density at radius 1 is 1.38 bits per heavy atom. The summed E-state index contributed by atoms with van der Waals surface area (Å²) in [4.78, 5) is 25.4. The molecule has 3 amide bonds. The fraction of sp³-hybridized carbons (Fsp3) is 0.467. The second-order valence-corrected chi connectivity index (χ2v) is 5.00. The summed E-state index contributed by atoms with van der Waals surface area (Å²) in [5.74, 6) is 0.764. The molecule has 1 heterocycles. The molecule has 1 fully saturated rings. The van der Waals surface area contributed by atoms with Crippen molar-refractivity contribution in [2.75, 3.05) is 25.1 Å². The van der Waals surface area contributed by atoms with Crippen molar-refractivity contribution in [3.8, 4) is 5.75 Å². The lowest BCUT2D eigenvalue weighted by Crippen LogP contribution is -2.43. The first-order chi connectivity index (χ1) is 10.1. The zero-order valence-electron chi connectivity index (χ0n) is 12.4. The number of carbonyl (C=O) groups excluding carboxylic acids is 2. The number of benzene rings is 1. The van der Waals surface area contributed by atoms with E-state index in [0.717, 1.165) is 17.9 Å². The lowest BCUT2D eigenvalue weighted by atomic mass is 10.2. The molecule has 0 radical (unpaired) electrons. The molecule has 0 aliphatic carbocycles. The first kappa shape index (κ1) is 15.2. The Bertz CT molecular complexity index is 501. The van der Waals surface area contributed by atoms with Crippen LogP contribution < -0.4 is 20.3 Å². The van der Waals surface area contributed by atoms with Crippen LogP contribution >= 0.6 is 0 Å². The summed E-state index contributed by atoms with van der Waals surface area (Å²) in [5, 5.41) is 5.58. The summed E-state index contributed by atoms with van der Waals surface area (Å²) in [6.07, 6.45) is 1.21. The molecular weight excluding hydrogens is 270 g/mol. The van der Waals surface area contributed by atoms with Gasteiger partial charge in [0.25, 0.3) is 0 Å². The highest BCUT2D eigenvalue weighted by Crippen LogP contribution is 2.24. The maximum Gasteiger partial charge on any atom is 0.315 e. The van der Waals surface area contributed by atoms with Gasteiger partial charge in [-0.15, -0.1) is 0 Å². The van der Waals surface area contributed by atoms with Crippen LogP contribution in [0.25, 0.3) is 0 Å². The molecule has 1 saturated heterocycles. The fourth-order valence-electron chi connectivity index (χ4n) is 2.29. The Kier molecular flexibility index (Phi) is 5.03. The third kappa shape index (κ3) is 3.87. The predicted molar refractivity (Wildman–Crippen MR) is 80.6 cm³/mol. The summed E-state index contributed by atoms with van der Waals surface area (Å²) >= 11 is 0. The number of ether oxygens (including phenoxy) is 1. The quantitative estimate of drug-likeness (QED) is 0.864. The van der Waals surface area contributed by atoms with Crippen LogP contribution in [0.2, 0.25) is 0 Å². The van der Waals surface area contributed by atoms with E-state index >= 15 is 0 Å². The molecule has 21 heavy (non-hydrogen) atoms. The van der Waals surface area contributed by atoms with Crippen molar-refractivity contribution in [3.63, 3.8) is 0 Å². The normalized spacial score (nSPS) is 17.7. The number of rotatable bonds is 5. The lowest BCUT2D eigenvalue weighted by molar-refractivity contribution is -0.117. The number of methoxy groups -OCH3 is 1. The Morgan fingerprint density at radius 3 is 2.71 bits per heavy atom. The van der Waals surface area contributed by atoms with E-state index in [1.54, 1.807) is 12.0 Å². The molecule has 1 atom stereocenters. The van der Waals surface area contributed by atoms with Crippen LogP contribution in [0.15, 0.2) is 24.3 Å². The summed E-state index contributed by atoms with van der Waals surface area (Å²) in [6, 6.07) is 6.95. The molecule has 2 N–H and O–H groups in total. The van der Waals surface area contributed by atoms with E-state index in [1.165, 1.54) is 0 Å². The SMILES string of the molecule is CCCNC(=O)NC1CC(=O)N(c2ccc(OC)cc2)C1. The number of anilines is 1. The minimum atomic E-state index is -0.216. The van der Waals surface area contributed by atoms with Gasteiger partial charge in [-0.3, -0.25) is 4.79 Å². The van der Waals surface area contributed by atoms with Gasteiger partial charge < -0.3 is 20.3 Å². The second-order valence-electron chi connectivity index (χ2n) is 5.00. The first-order valence-corrected chi connectivity index (χ1v) is 7.12. The number of hydrogen-bond donors (Lipinski definition) is 2. The molecule has 1 aliphatic heterocycles. The van der Waals surface area contributed by atoms with Gasteiger partial charge in [-0.25, -0.2) is 4.79 Å². The van der Waals surface area contributed by atoms with Crippen molar-refractivity contribution in [1.82, 2.24) is 10.6 Å². The molecule has 0 spiro atoms. The average Bonchev–Trinajstić information content (AvgIpc) is 2.85. The molecule has 0 saturated carbocycles. The number of carbonyl (C=O) groups is 2. The minimum Gasteiger partial charge on any atom is -0.497 e. The van der Waals surface area contributed by atoms with Gasteiger partial charge in [-0.2, -0.15) is 0 Å². The Hall–Kier alpha value is -2.24. The Balaban J connectivity index is 1.94. The topological polar surface area (TPSA) is 70.7 Å². The molecule has 0 bridgehead atoms. The first-order valence-electron chi connectivity index (χ1n) is 7.12. The third-order valence-electron chi connectivity index (χ3n) is 3.38. The van der Waals surface area contributed by atoms with Crippen LogP contribution in [0.1, 0.15) is 19.8 Å². The van der Waals surface area contributed by atoms with Gasteiger partial charge in [-0.05, 0) is 30.7 Å². The van der Waals surface area contributed by atoms with Gasteiger partial charge in [0.1, 0.15) is 5.75 Å². The Morgan fingerprint density at radius 2 is 2.10 bits per heavy atom. The standard InChI is InChI=1S/C15H21N3O3/c1-3-8-16-15(20)17-11-9-14(19)18(10-11)12-4-6-13(21-2)7-5-12/h4-7,11H,3,8-10H2,1-2H3,(H2,16,17,20). The third-order valence-corrected chi connectivity index (χ3v) is 3.38. The smallest absolute Gasteiger partial charge is 0.315 e. The van der Waals surface area contributed by atoms with Crippen LogP contribution in [0.5, 0.6) is 5.75 Å². The van der Waals surface area contributed by atoms with E-state index in [0.29, 0.717) is 19.5 Å². The molecule has 6 nitrogen and oxygen atoms in total. The number of urea groups is 1. The predicted octanol–water partition coefficient (Wildman–Crippen LogP) is 1.51. The molecule has 6 heteroatoms. The number of nitrogens with one attached hydrogen (secondary N) is 2. The van der Waals surface area contributed by atoms with Gasteiger partial charge in [-0.1, -0.05) is 6.92 Å². The average molecular weight is 291 g/mol. The van der Waals surface area contributed by atoms with E-state index in [9.17, 15) is 9.59 Å². The van der Waals surface area contributed by atoms with E-state index in [4.69, 9.17) is 4.74 Å². The summed E-state index contributed by atoms with van der Waals surface area (Å²) < 4.78 is 5.10. The van der Waals surface area contributed by atoms with Crippen molar-refractivity contribution in [2.45, 2.75) is 25.8 Å². The number of nitrogens with zero attached hydrogens (tertiary/aromatic N) is 1. The second kappa shape index (κ2) is 6.97. The monoisotopic (exact) mass is 291 g/mol. The highest BCUT2D eigenvalue weighted by molar-refractivity contribution is 5.96. The zero-order valence-corrected chi connectivity index (χ0v) is 12.4. The molecule has 2 rings (SSSR count). The zero-order chi connectivity index (χ0) is 15.2. The van der Waals surface area contributed by atoms with E-state index in [-0.39, 0.29) is 18.0 Å². The van der Waals surface area contributed by atoms with Gasteiger partial charge in [0.15, 0.2) is 0 Å². The maximum atomic E-state index is 12.1. The molecule has 1 aromatic carbocycles. The molecule has 0 aromatic heterocycles. The number of hydrogen-bond acceptors (Lipinski definition) is 3. The maximum absolute atomic E-state index is 12.1. The molecule has 114 valence electrons. The highest BCUT2D eigenvalue weighted by atomic mass is 16.5. The number of amides is 3. The fourth-order valence-corrected chi connectivity index (χ4v) is 2.29. The summed E-state index contributed by atoms with van der Waals surface area (Å²) in [7, 11) is 1.60. The van der Waals surface area contributed by atoms with Gasteiger partial charge in [0.05, 0.1) is 13.2 Å². The highest BCUT2D eigenvalue weighted by Gasteiger charge is 2.31. The summed E-state index contributed by atoms with van der Waals surface area (Å²) in [5.41, 5.74) is 0.819. The molecule has 1 unspecified atom stereocenters. The van der Waals surface area contributed by atoms with E-state index in [2.05, 4.69) is 10.6 Å². The molecule has 1 aromatic rings. The minimum absolute atomic E-state index is 0.0148. The van der Waals surface area contributed by atoms with Crippen LogP contribution in [0, 0.1) is 0 Å². The van der Waals surface area contributed by atoms with Crippen molar-refractivity contribution in [1.29, 1.82) is 0 Å². The van der Waals surface area contributed by atoms with Crippen LogP contribution in [0.4, 0.5) is 10.5 Å². The van der Waals surface area contributed by atoms with Crippen LogP contribution in [0.3, 0.4) is 0 Å². The molecule has 1 aliphatic rings. The van der Waals surface area contributed by atoms with Crippen LogP contribution in [-0.2, 0) is 4.79 Å². The van der Waals surface area contributed by atoms with E-state index < -0.39 is 0 Å².